The van der Waals surface area contributed by atoms with E-state index in [4.69, 9.17) is 24.4 Å². The Kier molecular flexibility index (Phi) is 27.8. The zero-order valence-electron chi connectivity index (χ0n) is 19.5. The molecule has 0 aliphatic heterocycles. The third-order valence-electron chi connectivity index (χ3n) is 3.78. The molecule has 0 aliphatic carbocycles. The fourth-order valence-electron chi connectivity index (χ4n) is 1.52. The number of hydrogen-bond donors (Lipinski definition) is 2. The van der Waals surface area contributed by atoms with E-state index in [9.17, 15) is 14.4 Å². The Morgan fingerprint density at radius 3 is 1.60 bits per heavy atom. The van der Waals surface area contributed by atoms with Crippen LogP contribution in [0.1, 0.15) is 60.3 Å². The summed E-state index contributed by atoms with van der Waals surface area (Å²) in [4.78, 5) is 30.5. The number of esters is 1. The van der Waals surface area contributed by atoms with Gasteiger partial charge in [-0.3, -0.25) is 14.4 Å². The summed E-state index contributed by atoms with van der Waals surface area (Å²) in [5.41, 5.74) is 0. The normalized spacial score (nSPS) is 11.8. The van der Waals surface area contributed by atoms with Crippen LogP contribution in [0.3, 0.4) is 0 Å². The third kappa shape index (κ3) is 31.0. The monoisotopic (exact) mass is 438 g/mol. The highest BCUT2D eigenvalue weighted by molar-refractivity contribution is 5.69. The molecule has 0 bridgehead atoms. The molecule has 0 spiro atoms. The maximum absolute atomic E-state index is 10.3. The van der Waals surface area contributed by atoms with E-state index in [2.05, 4.69) is 11.7 Å². The predicted octanol–water partition coefficient (Wildman–Crippen LogP) is 3.24. The Morgan fingerprint density at radius 2 is 1.27 bits per heavy atom. The Balaban J connectivity index is -0.000000393. The number of carbonyl (C=O) groups is 3. The molecule has 0 heterocycles. The van der Waals surface area contributed by atoms with Crippen LogP contribution in [0, 0.1) is 11.8 Å². The largest absolute Gasteiger partial charge is 0.481 e. The second-order valence-electron chi connectivity index (χ2n) is 6.59. The number of rotatable bonds is 15. The molecule has 0 saturated heterocycles. The van der Waals surface area contributed by atoms with Gasteiger partial charge in [0, 0.05) is 14.0 Å². The lowest BCUT2D eigenvalue weighted by atomic mass is 10.1. The van der Waals surface area contributed by atoms with E-state index in [1.165, 1.54) is 6.92 Å². The van der Waals surface area contributed by atoms with Crippen molar-refractivity contribution < 1.29 is 43.5 Å². The van der Waals surface area contributed by atoms with Gasteiger partial charge in [0.2, 0.25) is 0 Å². The van der Waals surface area contributed by atoms with Gasteiger partial charge >= 0.3 is 17.9 Å². The number of ether oxygens (including phenoxy) is 4. The van der Waals surface area contributed by atoms with E-state index >= 15 is 0 Å². The molecule has 30 heavy (non-hydrogen) atoms. The molecule has 0 aliphatic rings. The van der Waals surface area contributed by atoms with E-state index in [1.807, 2.05) is 6.92 Å². The van der Waals surface area contributed by atoms with Crippen molar-refractivity contribution in [3.05, 3.63) is 0 Å². The Hall–Kier alpha value is -1.71. The number of carboxylic acid groups (broad SMARTS) is 2. The average Bonchev–Trinajstić information content (AvgIpc) is 2.70. The summed E-state index contributed by atoms with van der Waals surface area (Å²) in [6.45, 7) is 11.6. The highest BCUT2D eigenvalue weighted by Crippen LogP contribution is 2.06. The molecule has 2 unspecified atom stereocenters. The standard InChI is InChI=1S/C9H18O5.C7H14O2.C5H10O2/c1-9(10)14-8-7-13-6-5-12-4-3-11-2;1-3-4-5-6(2)7(8)9;1-3-4(2)5(6)7/h3-8H2,1-2H3;6H,3-5H2,1-2H3,(H,8,9);4H,3H2,1-2H3,(H,6,7). The van der Waals surface area contributed by atoms with Crippen LogP contribution >= 0.6 is 0 Å². The van der Waals surface area contributed by atoms with Gasteiger partial charge in [-0.1, -0.05) is 40.5 Å². The molecular formula is C21H42O9. The second kappa shape index (κ2) is 25.3. The summed E-state index contributed by atoms with van der Waals surface area (Å²) in [6, 6.07) is 0. The lowest BCUT2D eigenvalue weighted by Crippen LogP contribution is -2.12. The van der Waals surface area contributed by atoms with Gasteiger partial charge in [0.1, 0.15) is 6.61 Å². The first-order valence-corrected chi connectivity index (χ1v) is 10.4. The van der Waals surface area contributed by atoms with Gasteiger partial charge < -0.3 is 29.2 Å². The van der Waals surface area contributed by atoms with Gasteiger partial charge in [-0.25, -0.2) is 0 Å². The van der Waals surface area contributed by atoms with Gasteiger partial charge in [0.15, 0.2) is 0 Å². The molecule has 0 radical (unpaired) electrons. The van der Waals surface area contributed by atoms with Crippen molar-refractivity contribution in [1.82, 2.24) is 0 Å². The van der Waals surface area contributed by atoms with Crippen molar-refractivity contribution in [2.45, 2.75) is 60.3 Å². The lowest BCUT2D eigenvalue weighted by molar-refractivity contribution is -0.143. The van der Waals surface area contributed by atoms with Crippen molar-refractivity contribution in [1.29, 1.82) is 0 Å². The van der Waals surface area contributed by atoms with Crippen LogP contribution in [0.15, 0.2) is 0 Å². The number of unbranched alkanes of at least 4 members (excludes halogenated alkanes) is 1. The quantitative estimate of drug-likeness (QED) is 0.292. The third-order valence-corrected chi connectivity index (χ3v) is 3.78. The molecule has 0 aromatic carbocycles. The zero-order valence-corrected chi connectivity index (χ0v) is 19.5. The molecule has 180 valence electrons. The number of hydrogen-bond acceptors (Lipinski definition) is 7. The van der Waals surface area contributed by atoms with Gasteiger partial charge in [-0.15, -0.1) is 0 Å². The number of methoxy groups -OCH3 is 1. The van der Waals surface area contributed by atoms with Gasteiger partial charge in [-0.2, -0.15) is 0 Å². The molecule has 9 heteroatoms. The maximum atomic E-state index is 10.3. The summed E-state index contributed by atoms with van der Waals surface area (Å²) in [6.07, 6.45) is 3.63. The molecule has 0 rings (SSSR count). The van der Waals surface area contributed by atoms with Crippen molar-refractivity contribution in [2.75, 3.05) is 46.8 Å². The molecule has 9 nitrogen and oxygen atoms in total. The number of carbonyl (C=O) groups excluding carboxylic acids is 1. The van der Waals surface area contributed by atoms with Gasteiger partial charge in [0.05, 0.1) is 44.9 Å². The van der Waals surface area contributed by atoms with E-state index in [-0.39, 0.29) is 17.8 Å². The highest BCUT2D eigenvalue weighted by atomic mass is 16.6. The smallest absolute Gasteiger partial charge is 0.306 e. The van der Waals surface area contributed by atoms with Gasteiger partial charge in [0.25, 0.3) is 0 Å². The molecule has 0 aromatic rings. The first kappa shape index (κ1) is 32.9. The number of aliphatic carboxylic acids is 2. The topological polar surface area (TPSA) is 129 Å². The first-order valence-electron chi connectivity index (χ1n) is 10.4. The van der Waals surface area contributed by atoms with Crippen LogP contribution in [0.25, 0.3) is 0 Å². The van der Waals surface area contributed by atoms with Crippen LogP contribution < -0.4 is 0 Å². The summed E-state index contributed by atoms with van der Waals surface area (Å²) in [5.74, 6) is -2.01. The zero-order chi connectivity index (χ0) is 23.8. The van der Waals surface area contributed by atoms with Crippen LogP contribution in [-0.2, 0) is 33.3 Å². The molecule has 0 amide bonds. The molecule has 0 aromatic heterocycles. The minimum atomic E-state index is -0.706. The Labute approximate surface area is 181 Å². The Bertz CT molecular complexity index is 413. The summed E-state index contributed by atoms with van der Waals surface area (Å²) in [7, 11) is 1.62. The van der Waals surface area contributed by atoms with Crippen LogP contribution in [0.4, 0.5) is 0 Å². The second-order valence-corrected chi connectivity index (χ2v) is 6.59. The fraction of sp³-hybridized carbons (Fsp3) is 0.857. The lowest BCUT2D eigenvalue weighted by Gasteiger charge is -2.05. The van der Waals surface area contributed by atoms with E-state index in [1.54, 1.807) is 21.0 Å². The fourth-order valence-corrected chi connectivity index (χ4v) is 1.52. The maximum Gasteiger partial charge on any atom is 0.306 e. The van der Waals surface area contributed by atoms with Crippen LogP contribution in [-0.4, -0.2) is 74.9 Å². The molecular weight excluding hydrogens is 396 g/mol. The van der Waals surface area contributed by atoms with E-state index in [0.29, 0.717) is 39.6 Å². The first-order chi connectivity index (χ1) is 14.1. The van der Waals surface area contributed by atoms with Gasteiger partial charge in [-0.05, 0) is 12.8 Å². The van der Waals surface area contributed by atoms with Crippen molar-refractivity contribution in [3.63, 3.8) is 0 Å². The summed E-state index contributed by atoms with van der Waals surface area (Å²) < 4.78 is 19.7. The highest BCUT2D eigenvalue weighted by Gasteiger charge is 2.08. The summed E-state index contributed by atoms with van der Waals surface area (Å²) in [5, 5.41) is 16.6. The molecule has 2 atom stereocenters. The number of carboxylic acids is 2. The average molecular weight is 439 g/mol. The van der Waals surface area contributed by atoms with E-state index in [0.717, 1.165) is 25.7 Å². The minimum Gasteiger partial charge on any atom is -0.481 e. The van der Waals surface area contributed by atoms with Crippen molar-refractivity contribution in [2.24, 2.45) is 11.8 Å². The Morgan fingerprint density at radius 1 is 0.800 bits per heavy atom. The SMILES string of the molecule is CCC(C)C(=O)O.CCCCC(C)C(=O)O.COCCOCCOCCOC(C)=O. The molecule has 0 fully saturated rings. The summed E-state index contributed by atoms with van der Waals surface area (Å²) >= 11 is 0. The van der Waals surface area contributed by atoms with Crippen molar-refractivity contribution in [3.8, 4) is 0 Å². The van der Waals surface area contributed by atoms with Crippen LogP contribution in [0.2, 0.25) is 0 Å². The molecule has 0 saturated carbocycles. The van der Waals surface area contributed by atoms with Crippen molar-refractivity contribution >= 4 is 17.9 Å². The van der Waals surface area contributed by atoms with Crippen LogP contribution in [0.5, 0.6) is 0 Å². The molecule has 2 N–H and O–H groups in total. The van der Waals surface area contributed by atoms with E-state index < -0.39 is 11.9 Å². The minimum absolute atomic E-state index is 0.162. The predicted molar refractivity (Wildman–Crippen MR) is 114 cm³/mol.